The second-order valence-electron chi connectivity index (χ2n) is 7.21. The molecule has 2 heterocycles. The number of para-hydroxylation sites is 1. The maximum absolute atomic E-state index is 12.9. The molecular weight excluding hydrogens is 414 g/mol. The fourth-order valence-corrected chi connectivity index (χ4v) is 5.38. The summed E-state index contributed by atoms with van der Waals surface area (Å²) in [5.74, 6) is 0.173. The van der Waals surface area contributed by atoms with Crippen molar-refractivity contribution in [3.63, 3.8) is 0 Å². The molecule has 4 rings (SSSR count). The SMILES string of the molecule is CC(Sc1nnc(Nc2ccccc2)s1)C(=O)N1CCN(Cc2ccccc2)CC1. The van der Waals surface area contributed by atoms with E-state index in [1.165, 1.54) is 28.7 Å². The van der Waals surface area contributed by atoms with Crippen LogP contribution in [0, 0.1) is 0 Å². The average Bonchev–Trinajstić information content (AvgIpc) is 3.22. The summed E-state index contributed by atoms with van der Waals surface area (Å²) in [6, 6.07) is 20.4. The maximum atomic E-state index is 12.9. The van der Waals surface area contributed by atoms with E-state index in [0.29, 0.717) is 0 Å². The molecule has 156 valence electrons. The highest BCUT2D eigenvalue weighted by Crippen LogP contribution is 2.31. The van der Waals surface area contributed by atoms with Crippen LogP contribution in [0.2, 0.25) is 0 Å². The van der Waals surface area contributed by atoms with Crippen LogP contribution in [-0.4, -0.2) is 57.3 Å². The molecule has 8 heteroatoms. The number of rotatable bonds is 7. The molecule has 1 N–H and O–H groups in total. The van der Waals surface area contributed by atoms with Gasteiger partial charge in [0.05, 0.1) is 5.25 Å². The Morgan fingerprint density at radius 2 is 1.70 bits per heavy atom. The lowest BCUT2D eigenvalue weighted by Gasteiger charge is -2.35. The molecule has 1 aliphatic rings. The Bertz CT molecular complexity index is 942. The van der Waals surface area contributed by atoms with Crippen molar-refractivity contribution in [2.75, 3.05) is 31.5 Å². The summed E-state index contributed by atoms with van der Waals surface area (Å²) < 4.78 is 0.803. The maximum Gasteiger partial charge on any atom is 0.235 e. The number of thioether (sulfide) groups is 1. The zero-order chi connectivity index (χ0) is 20.8. The van der Waals surface area contributed by atoms with E-state index in [1.54, 1.807) is 0 Å². The van der Waals surface area contributed by atoms with E-state index in [2.05, 4.69) is 44.7 Å². The van der Waals surface area contributed by atoms with Gasteiger partial charge in [0, 0.05) is 38.4 Å². The van der Waals surface area contributed by atoms with E-state index in [9.17, 15) is 4.79 Å². The molecule has 0 aliphatic carbocycles. The van der Waals surface area contributed by atoms with Crippen molar-refractivity contribution in [3.8, 4) is 0 Å². The summed E-state index contributed by atoms with van der Waals surface area (Å²) in [5.41, 5.74) is 2.29. The number of carbonyl (C=O) groups is 1. The zero-order valence-electron chi connectivity index (χ0n) is 16.9. The molecule has 30 heavy (non-hydrogen) atoms. The first kappa shape index (κ1) is 20.8. The first-order valence-electron chi connectivity index (χ1n) is 10.0. The molecule has 6 nitrogen and oxygen atoms in total. The van der Waals surface area contributed by atoms with Crippen molar-refractivity contribution in [3.05, 3.63) is 66.2 Å². The van der Waals surface area contributed by atoms with Crippen molar-refractivity contribution in [1.29, 1.82) is 0 Å². The number of hydrogen-bond acceptors (Lipinski definition) is 7. The molecular formula is C22H25N5OS2. The van der Waals surface area contributed by atoms with E-state index in [0.717, 1.165) is 47.9 Å². The van der Waals surface area contributed by atoms with Crippen molar-refractivity contribution in [2.24, 2.45) is 0 Å². The summed E-state index contributed by atoms with van der Waals surface area (Å²) in [6.07, 6.45) is 0. The van der Waals surface area contributed by atoms with Gasteiger partial charge in [-0.1, -0.05) is 71.6 Å². The second-order valence-corrected chi connectivity index (χ2v) is 9.78. The number of hydrogen-bond donors (Lipinski definition) is 1. The molecule has 1 aliphatic heterocycles. The highest BCUT2D eigenvalue weighted by atomic mass is 32.2. The number of nitrogens with zero attached hydrogens (tertiary/aromatic N) is 4. The minimum Gasteiger partial charge on any atom is -0.339 e. The van der Waals surface area contributed by atoms with E-state index < -0.39 is 0 Å². The first-order chi connectivity index (χ1) is 14.7. The van der Waals surface area contributed by atoms with Gasteiger partial charge in [0.15, 0.2) is 4.34 Å². The van der Waals surface area contributed by atoms with Gasteiger partial charge in [-0.3, -0.25) is 9.69 Å². The summed E-state index contributed by atoms with van der Waals surface area (Å²) in [5, 5.41) is 12.2. The highest BCUT2D eigenvalue weighted by molar-refractivity contribution is 8.02. The summed E-state index contributed by atoms with van der Waals surface area (Å²) in [6.45, 7) is 6.25. The number of aromatic nitrogens is 2. The number of amides is 1. The second kappa shape index (κ2) is 10.1. The molecule has 1 fully saturated rings. The largest absolute Gasteiger partial charge is 0.339 e. The number of carbonyl (C=O) groups excluding carboxylic acids is 1. The number of piperazine rings is 1. The predicted molar refractivity (Wildman–Crippen MR) is 123 cm³/mol. The molecule has 0 saturated carbocycles. The van der Waals surface area contributed by atoms with Gasteiger partial charge in [-0.15, -0.1) is 10.2 Å². The molecule has 0 spiro atoms. The Hall–Kier alpha value is -2.42. The summed E-state index contributed by atoms with van der Waals surface area (Å²) in [4.78, 5) is 17.3. The lowest BCUT2D eigenvalue weighted by Crippen LogP contribution is -2.50. The van der Waals surface area contributed by atoms with Gasteiger partial charge in [-0.05, 0) is 24.6 Å². The minimum atomic E-state index is -0.178. The van der Waals surface area contributed by atoms with E-state index >= 15 is 0 Å². The van der Waals surface area contributed by atoms with Crippen LogP contribution >= 0.6 is 23.1 Å². The fourth-order valence-electron chi connectivity index (χ4n) is 3.38. The van der Waals surface area contributed by atoms with Crippen molar-refractivity contribution in [2.45, 2.75) is 23.1 Å². The average molecular weight is 440 g/mol. The van der Waals surface area contributed by atoms with Crippen LogP contribution < -0.4 is 5.32 Å². The van der Waals surface area contributed by atoms with Crippen LogP contribution in [0.5, 0.6) is 0 Å². The molecule has 0 radical (unpaired) electrons. The third kappa shape index (κ3) is 5.59. The molecule has 0 bridgehead atoms. The molecule has 2 aromatic carbocycles. The standard InChI is InChI=1S/C22H25N5OS2/c1-17(29-22-25-24-21(30-22)23-19-10-6-3-7-11-19)20(28)27-14-12-26(13-15-27)16-18-8-4-2-5-9-18/h2-11,17H,12-16H2,1H3,(H,23,24). The van der Waals surface area contributed by atoms with Crippen molar-refractivity contribution in [1.82, 2.24) is 20.0 Å². The molecule has 1 unspecified atom stereocenters. The minimum absolute atomic E-state index is 0.173. The summed E-state index contributed by atoms with van der Waals surface area (Å²) >= 11 is 2.95. The van der Waals surface area contributed by atoms with Crippen molar-refractivity contribution < 1.29 is 4.79 Å². The Morgan fingerprint density at radius 1 is 1.03 bits per heavy atom. The monoisotopic (exact) mass is 439 g/mol. The van der Waals surface area contributed by atoms with Crippen LogP contribution in [-0.2, 0) is 11.3 Å². The molecule has 1 amide bonds. The number of anilines is 2. The highest BCUT2D eigenvalue weighted by Gasteiger charge is 2.26. The molecule has 1 aromatic heterocycles. The van der Waals surface area contributed by atoms with Crippen LogP contribution in [0.3, 0.4) is 0 Å². The Kier molecular flexibility index (Phi) is 6.99. The van der Waals surface area contributed by atoms with Gasteiger partial charge in [-0.25, -0.2) is 0 Å². The molecule has 1 atom stereocenters. The Balaban J connectivity index is 1.25. The lowest BCUT2D eigenvalue weighted by molar-refractivity contribution is -0.132. The smallest absolute Gasteiger partial charge is 0.235 e. The van der Waals surface area contributed by atoms with E-state index in [1.807, 2.05) is 48.2 Å². The van der Waals surface area contributed by atoms with E-state index in [-0.39, 0.29) is 11.2 Å². The Morgan fingerprint density at radius 3 is 2.40 bits per heavy atom. The van der Waals surface area contributed by atoms with Crippen molar-refractivity contribution >= 4 is 39.8 Å². The third-order valence-electron chi connectivity index (χ3n) is 4.99. The van der Waals surface area contributed by atoms with Gasteiger partial charge in [-0.2, -0.15) is 0 Å². The fraction of sp³-hybridized carbons (Fsp3) is 0.318. The van der Waals surface area contributed by atoms with Gasteiger partial charge in [0.2, 0.25) is 11.0 Å². The molecule has 1 saturated heterocycles. The van der Waals surface area contributed by atoms with E-state index in [4.69, 9.17) is 0 Å². The summed E-state index contributed by atoms with van der Waals surface area (Å²) in [7, 11) is 0. The normalized spacial score (nSPS) is 15.7. The molecule has 3 aromatic rings. The number of nitrogens with one attached hydrogen (secondary N) is 1. The van der Waals surface area contributed by atoms with Crippen LogP contribution in [0.25, 0.3) is 0 Å². The topological polar surface area (TPSA) is 61.4 Å². The van der Waals surface area contributed by atoms with Gasteiger partial charge < -0.3 is 10.2 Å². The van der Waals surface area contributed by atoms with Crippen LogP contribution in [0.15, 0.2) is 65.0 Å². The van der Waals surface area contributed by atoms with Crippen LogP contribution in [0.1, 0.15) is 12.5 Å². The van der Waals surface area contributed by atoms with Gasteiger partial charge in [0.25, 0.3) is 0 Å². The van der Waals surface area contributed by atoms with Gasteiger partial charge in [0.1, 0.15) is 0 Å². The predicted octanol–water partition coefficient (Wildman–Crippen LogP) is 4.11. The Labute approximate surface area is 185 Å². The first-order valence-corrected chi connectivity index (χ1v) is 11.7. The zero-order valence-corrected chi connectivity index (χ0v) is 18.5. The van der Waals surface area contributed by atoms with Crippen LogP contribution in [0.4, 0.5) is 10.8 Å². The number of benzene rings is 2. The third-order valence-corrected chi connectivity index (χ3v) is 7.00. The van der Waals surface area contributed by atoms with Gasteiger partial charge >= 0.3 is 0 Å². The lowest BCUT2D eigenvalue weighted by atomic mass is 10.2. The quantitative estimate of drug-likeness (QED) is 0.559.